The molecule has 0 aliphatic carbocycles. The Balaban J connectivity index is 1.34. The third-order valence-corrected chi connectivity index (χ3v) is 6.09. The topological polar surface area (TPSA) is 41.7 Å². The van der Waals surface area contributed by atoms with Gasteiger partial charge in [0.25, 0.3) is 0 Å². The van der Waals surface area contributed by atoms with Gasteiger partial charge in [-0.15, -0.1) is 0 Å². The van der Waals surface area contributed by atoms with E-state index in [0.29, 0.717) is 5.89 Å². The quantitative estimate of drug-likeness (QED) is 0.453. The van der Waals surface area contributed by atoms with E-state index in [-0.39, 0.29) is 0 Å². The maximum atomic E-state index is 6.13. The normalized spacial score (nSPS) is 14.8. The average molecular weight is 414 g/mol. The van der Waals surface area contributed by atoms with Gasteiger partial charge < -0.3 is 14.1 Å². The molecule has 0 radical (unpaired) electrons. The van der Waals surface area contributed by atoms with Gasteiger partial charge in [-0.05, 0) is 36.6 Å². The largest absolute Gasteiger partial charge is 0.496 e. The zero-order chi connectivity index (χ0) is 21.2. The number of aromatic nitrogens is 1. The highest BCUT2D eigenvalue weighted by molar-refractivity contribution is 5.98. The number of anilines is 1. The Labute approximate surface area is 182 Å². The average Bonchev–Trinajstić information content (AvgIpc) is 3.19. The number of fused-ring (bicyclic) bond motifs is 1. The minimum absolute atomic E-state index is 0.675. The lowest BCUT2D eigenvalue weighted by molar-refractivity contribution is 0.246. The van der Waals surface area contributed by atoms with Crippen LogP contribution in [0.25, 0.3) is 22.2 Å². The number of rotatable bonds is 5. The van der Waals surface area contributed by atoms with Crippen molar-refractivity contribution in [2.75, 3.05) is 38.2 Å². The molecule has 2 heterocycles. The minimum Gasteiger partial charge on any atom is -0.496 e. The third kappa shape index (κ3) is 3.89. The number of nitrogens with zero attached hydrogens (tertiary/aromatic N) is 3. The van der Waals surface area contributed by atoms with E-state index in [0.717, 1.165) is 66.3 Å². The van der Waals surface area contributed by atoms with Gasteiger partial charge in [-0.2, -0.15) is 0 Å². The highest BCUT2D eigenvalue weighted by Crippen LogP contribution is 2.34. The van der Waals surface area contributed by atoms with E-state index in [2.05, 4.69) is 52.3 Å². The predicted octanol–water partition coefficient (Wildman–Crippen LogP) is 5.13. The summed E-state index contributed by atoms with van der Waals surface area (Å²) in [4.78, 5) is 9.80. The molecule has 0 spiro atoms. The maximum absolute atomic E-state index is 6.13. The van der Waals surface area contributed by atoms with E-state index in [1.165, 1.54) is 5.69 Å². The summed E-state index contributed by atoms with van der Waals surface area (Å²) in [5, 5.41) is 2.16. The van der Waals surface area contributed by atoms with Crippen molar-refractivity contribution in [1.29, 1.82) is 0 Å². The number of oxazole rings is 1. The Bertz CT molecular complexity index is 1180. The van der Waals surface area contributed by atoms with E-state index in [9.17, 15) is 0 Å². The number of piperazine rings is 1. The first kappa shape index (κ1) is 19.6. The molecule has 31 heavy (non-hydrogen) atoms. The van der Waals surface area contributed by atoms with Crippen LogP contribution in [0.4, 0.5) is 5.69 Å². The van der Waals surface area contributed by atoms with Crippen molar-refractivity contribution in [2.45, 2.75) is 13.5 Å². The van der Waals surface area contributed by atoms with Gasteiger partial charge in [0.15, 0.2) is 0 Å². The summed E-state index contributed by atoms with van der Waals surface area (Å²) in [6.45, 7) is 6.90. The first-order valence-electron chi connectivity index (χ1n) is 10.8. The molecule has 5 nitrogen and oxygen atoms in total. The van der Waals surface area contributed by atoms with Gasteiger partial charge in [0, 0.05) is 49.4 Å². The summed E-state index contributed by atoms with van der Waals surface area (Å²) in [5.74, 6) is 2.42. The number of benzene rings is 3. The van der Waals surface area contributed by atoms with Crippen molar-refractivity contribution in [1.82, 2.24) is 9.88 Å². The summed E-state index contributed by atoms with van der Waals surface area (Å²) < 4.78 is 11.7. The molecule has 0 atom stereocenters. The van der Waals surface area contributed by atoms with Gasteiger partial charge >= 0.3 is 0 Å². The number of hydrogen-bond donors (Lipinski definition) is 0. The predicted molar refractivity (Wildman–Crippen MR) is 125 cm³/mol. The molecular weight excluding hydrogens is 386 g/mol. The van der Waals surface area contributed by atoms with Gasteiger partial charge in [0.1, 0.15) is 11.5 Å². The van der Waals surface area contributed by atoms with Gasteiger partial charge in [0.05, 0.1) is 12.8 Å². The minimum atomic E-state index is 0.675. The SMILES string of the molecule is COc1ccc(-c2nc(CN3CCN(c4ccccc4)CC3)c(C)o2)c2ccccc12. The second-order valence-electron chi connectivity index (χ2n) is 7.98. The Morgan fingerprint density at radius 3 is 2.32 bits per heavy atom. The molecule has 158 valence electrons. The van der Waals surface area contributed by atoms with Gasteiger partial charge in [-0.3, -0.25) is 4.90 Å². The lowest BCUT2D eigenvalue weighted by atomic mass is 10.0. The molecule has 5 heteroatoms. The smallest absolute Gasteiger partial charge is 0.227 e. The van der Waals surface area contributed by atoms with Crippen molar-refractivity contribution in [3.63, 3.8) is 0 Å². The van der Waals surface area contributed by atoms with Crippen LogP contribution in [0.2, 0.25) is 0 Å². The second-order valence-corrected chi connectivity index (χ2v) is 7.98. The summed E-state index contributed by atoms with van der Waals surface area (Å²) in [6, 6.07) is 22.9. The summed E-state index contributed by atoms with van der Waals surface area (Å²) in [7, 11) is 1.70. The molecule has 1 aliphatic rings. The second kappa shape index (κ2) is 8.44. The molecule has 0 N–H and O–H groups in total. The summed E-state index contributed by atoms with van der Waals surface area (Å²) >= 11 is 0. The molecule has 0 bridgehead atoms. The van der Waals surface area contributed by atoms with E-state index < -0.39 is 0 Å². The van der Waals surface area contributed by atoms with Crippen LogP contribution in [-0.4, -0.2) is 43.2 Å². The molecular formula is C26H27N3O2. The lowest BCUT2D eigenvalue weighted by Gasteiger charge is -2.35. The first-order valence-corrected chi connectivity index (χ1v) is 10.8. The molecule has 1 aliphatic heterocycles. The van der Waals surface area contributed by atoms with Crippen molar-refractivity contribution < 1.29 is 9.15 Å². The van der Waals surface area contributed by atoms with Crippen molar-refractivity contribution in [3.05, 3.63) is 78.2 Å². The Morgan fingerprint density at radius 2 is 1.58 bits per heavy atom. The van der Waals surface area contributed by atoms with Gasteiger partial charge in [-0.1, -0.05) is 42.5 Å². The zero-order valence-electron chi connectivity index (χ0n) is 18.0. The van der Waals surface area contributed by atoms with Crippen LogP contribution in [0, 0.1) is 6.92 Å². The molecule has 3 aromatic carbocycles. The number of aryl methyl sites for hydroxylation is 1. The monoisotopic (exact) mass is 413 g/mol. The number of methoxy groups -OCH3 is 1. The van der Waals surface area contributed by atoms with E-state index >= 15 is 0 Å². The van der Waals surface area contributed by atoms with Crippen molar-refractivity contribution in [2.24, 2.45) is 0 Å². The molecule has 1 fully saturated rings. The first-order chi connectivity index (χ1) is 15.2. The van der Waals surface area contributed by atoms with E-state index in [1.54, 1.807) is 7.11 Å². The van der Waals surface area contributed by atoms with Crippen molar-refractivity contribution >= 4 is 16.5 Å². The van der Waals surface area contributed by atoms with Crippen LogP contribution in [0.1, 0.15) is 11.5 Å². The van der Waals surface area contributed by atoms with Gasteiger partial charge in [0.2, 0.25) is 5.89 Å². The Hall–Kier alpha value is -3.31. The van der Waals surface area contributed by atoms with Crippen LogP contribution in [-0.2, 0) is 6.54 Å². The molecule has 5 rings (SSSR count). The van der Waals surface area contributed by atoms with Crippen LogP contribution >= 0.6 is 0 Å². The highest BCUT2D eigenvalue weighted by atomic mass is 16.5. The highest BCUT2D eigenvalue weighted by Gasteiger charge is 2.21. The van der Waals surface area contributed by atoms with E-state index in [1.807, 2.05) is 31.2 Å². The maximum Gasteiger partial charge on any atom is 0.227 e. The summed E-state index contributed by atoms with van der Waals surface area (Å²) in [6.07, 6.45) is 0. The lowest BCUT2D eigenvalue weighted by Crippen LogP contribution is -2.46. The fraction of sp³-hybridized carbons (Fsp3) is 0.269. The molecule has 0 saturated carbocycles. The zero-order valence-corrected chi connectivity index (χ0v) is 18.0. The molecule has 1 aromatic heterocycles. The van der Waals surface area contributed by atoms with Crippen LogP contribution in [0.3, 0.4) is 0 Å². The van der Waals surface area contributed by atoms with E-state index in [4.69, 9.17) is 14.1 Å². The number of para-hydroxylation sites is 1. The molecule has 0 amide bonds. The van der Waals surface area contributed by atoms with Crippen LogP contribution < -0.4 is 9.64 Å². The standard InChI is InChI=1S/C26H27N3O2/c1-19-24(18-28-14-16-29(17-15-28)20-8-4-3-5-9-20)27-26(31-19)23-12-13-25(30-2)22-11-7-6-10-21(22)23/h3-13H,14-18H2,1-2H3. The van der Waals surface area contributed by atoms with Gasteiger partial charge in [-0.25, -0.2) is 4.98 Å². The van der Waals surface area contributed by atoms with Crippen LogP contribution in [0.15, 0.2) is 71.1 Å². The molecule has 1 saturated heterocycles. The van der Waals surface area contributed by atoms with Crippen LogP contribution in [0.5, 0.6) is 5.75 Å². The fourth-order valence-corrected chi connectivity index (χ4v) is 4.34. The number of ether oxygens (including phenoxy) is 1. The summed E-state index contributed by atoms with van der Waals surface area (Å²) in [5.41, 5.74) is 3.32. The molecule has 0 unspecified atom stereocenters. The van der Waals surface area contributed by atoms with Crippen molar-refractivity contribution in [3.8, 4) is 17.2 Å². The number of hydrogen-bond acceptors (Lipinski definition) is 5. The third-order valence-electron chi connectivity index (χ3n) is 6.09. The fourth-order valence-electron chi connectivity index (χ4n) is 4.34. The Morgan fingerprint density at radius 1 is 0.871 bits per heavy atom. The Kier molecular flexibility index (Phi) is 5.35. The molecule has 4 aromatic rings.